The Balaban J connectivity index is 4.66. The molecular weight excluding hydrogens is 865 g/mol. The zero-order valence-electron chi connectivity index (χ0n) is 44.2. The molecule has 1 unspecified atom stereocenters. The van der Waals surface area contributed by atoms with Gasteiger partial charge in [0.05, 0.1) is 0 Å². The van der Waals surface area contributed by atoms with Crippen LogP contribution in [0.25, 0.3) is 0 Å². The molecule has 0 aliphatic carbocycles. The normalized spacial score (nSPS) is 13.5. The van der Waals surface area contributed by atoms with Crippen molar-refractivity contribution in [3.05, 3.63) is 170 Å². The zero-order chi connectivity index (χ0) is 50.7. The molecule has 1 atom stereocenters. The number of unbranched alkanes of at least 4 members (excludes halogenated alkanes) is 16. The van der Waals surface area contributed by atoms with Crippen LogP contribution in [0.4, 0.5) is 0 Å². The van der Waals surface area contributed by atoms with E-state index in [4.69, 9.17) is 14.2 Å². The van der Waals surface area contributed by atoms with Gasteiger partial charge in [0.1, 0.15) is 13.2 Å². The van der Waals surface area contributed by atoms with Crippen molar-refractivity contribution in [2.24, 2.45) is 0 Å². The molecule has 0 aromatic carbocycles. The van der Waals surface area contributed by atoms with Crippen molar-refractivity contribution >= 4 is 17.9 Å². The topological polar surface area (TPSA) is 78.9 Å². The van der Waals surface area contributed by atoms with Crippen LogP contribution in [-0.4, -0.2) is 37.2 Å². The maximum atomic E-state index is 12.8. The van der Waals surface area contributed by atoms with Crippen LogP contribution in [-0.2, 0) is 28.6 Å². The van der Waals surface area contributed by atoms with Crippen molar-refractivity contribution in [1.82, 2.24) is 0 Å². The van der Waals surface area contributed by atoms with Gasteiger partial charge in [-0.1, -0.05) is 255 Å². The van der Waals surface area contributed by atoms with E-state index in [-0.39, 0.29) is 44.0 Å². The van der Waals surface area contributed by atoms with Crippen LogP contribution in [0, 0.1) is 0 Å². The molecule has 0 fully saturated rings. The van der Waals surface area contributed by atoms with E-state index in [1.54, 1.807) is 0 Å². The Morgan fingerprint density at radius 3 is 1.13 bits per heavy atom. The molecule has 0 saturated heterocycles. The first kappa shape index (κ1) is 64.8. The summed E-state index contributed by atoms with van der Waals surface area (Å²) in [4.78, 5) is 38.1. The van der Waals surface area contributed by atoms with Gasteiger partial charge in [-0.05, 0) is 89.9 Å². The molecule has 6 nitrogen and oxygen atoms in total. The van der Waals surface area contributed by atoms with Gasteiger partial charge in [0, 0.05) is 19.3 Å². The summed E-state index contributed by atoms with van der Waals surface area (Å²) in [5.74, 6) is -1.07. The van der Waals surface area contributed by atoms with E-state index in [0.29, 0.717) is 19.3 Å². The van der Waals surface area contributed by atoms with E-state index in [1.165, 1.54) is 51.4 Å². The fraction of sp³-hybridized carbons (Fsp3) is 0.516. The second-order valence-corrected chi connectivity index (χ2v) is 17.3. The molecule has 6 heteroatoms. The van der Waals surface area contributed by atoms with Gasteiger partial charge in [-0.15, -0.1) is 0 Å². The summed E-state index contributed by atoms with van der Waals surface area (Å²) >= 11 is 0. The molecule has 0 aromatic rings. The highest BCUT2D eigenvalue weighted by atomic mass is 16.6. The van der Waals surface area contributed by atoms with Gasteiger partial charge in [0.2, 0.25) is 0 Å². The lowest BCUT2D eigenvalue weighted by Crippen LogP contribution is -2.30. The summed E-state index contributed by atoms with van der Waals surface area (Å²) in [6.07, 6.45) is 83.3. The Morgan fingerprint density at radius 2 is 0.657 bits per heavy atom. The monoisotopic (exact) mass is 961 g/mol. The number of esters is 3. The highest BCUT2D eigenvalue weighted by Crippen LogP contribution is 2.12. The van der Waals surface area contributed by atoms with Crippen LogP contribution >= 0.6 is 0 Å². The van der Waals surface area contributed by atoms with Gasteiger partial charge >= 0.3 is 17.9 Å². The molecule has 0 heterocycles. The summed E-state index contributed by atoms with van der Waals surface area (Å²) in [6.45, 7) is 6.27. The molecule has 70 heavy (non-hydrogen) atoms. The van der Waals surface area contributed by atoms with E-state index in [9.17, 15) is 14.4 Å². The third-order valence-corrected chi connectivity index (χ3v) is 10.7. The maximum absolute atomic E-state index is 12.8. The van der Waals surface area contributed by atoms with Crippen molar-refractivity contribution < 1.29 is 28.6 Å². The molecule has 0 saturated carbocycles. The third-order valence-electron chi connectivity index (χ3n) is 10.7. The van der Waals surface area contributed by atoms with E-state index in [2.05, 4.69) is 93.7 Å². The van der Waals surface area contributed by atoms with Gasteiger partial charge < -0.3 is 14.2 Å². The molecule has 0 N–H and O–H groups in total. The first-order valence-electron chi connectivity index (χ1n) is 27.3. The molecule has 0 aliphatic heterocycles. The highest BCUT2D eigenvalue weighted by molar-refractivity contribution is 5.71. The standard InChI is InChI=1S/C64H96O6/c1-4-7-10-13-16-19-22-25-28-31-34-36-39-42-45-48-51-54-57-63(66)69-60-61(70-64(67)58-55-52-49-46-43-40-37-33-30-27-24-21-18-15-12-9-6-3)59-68-62(65)56-53-50-47-44-41-38-35-32-29-26-23-20-17-14-11-8-5-2/h9-10,12-13,15-16,18-19,21-22,24-31,33-38,40,43-44,47,61H,4-8,11,14,17,20,23,32,39,41-42,45-46,48-60H2,1-3H3/b12-9-,13-10-,18-15-,19-16-,24-21-,25-22-,29-26-,30-27-,31-28-,36-34-,37-33+,38-35-,43-40-,47-44-. The van der Waals surface area contributed by atoms with Crippen LogP contribution in [0.2, 0.25) is 0 Å². The number of hydrogen-bond acceptors (Lipinski definition) is 6. The minimum atomic E-state index is -0.843. The number of ether oxygens (including phenoxy) is 3. The number of rotatable bonds is 46. The zero-order valence-corrected chi connectivity index (χ0v) is 44.2. The second kappa shape index (κ2) is 56.4. The molecule has 0 rings (SSSR count). The Hall–Kier alpha value is -5.23. The average molecular weight is 961 g/mol. The molecule has 0 aliphatic rings. The molecule has 0 amide bonds. The fourth-order valence-electron chi connectivity index (χ4n) is 6.64. The van der Waals surface area contributed by atoms with Crippen LogP contribution in [0.5, 0.6) is 0 Å². The first-order valence-corrected chi connectivity index (χ1v) is 27.3. The minimum absolute atomic E-state index is 0.135. The van der Waals surface area contributed by atoms with Gasteiger partial charge in [-0.3, -0.25) is 14.4 Å². The first-order chi connectivity index (χ1) is 34.5. The molecule has 388 valence electrons. The number of carbonyl (C=O) groups excluding carboxylic acids is 3. The summed E-state index contributed by atoms with van der Waals surface area (Å²) in [7, 11) is 0. The number of carbonyl (C=O) groups is 3. The van der Waals surface area contributed by atoms with Gasteiger partial charge in [-0.25, -0.2) is 0 Å². The van der Waals surface area contributed by atoms with Crippen molar-refractivity contribution in [1.29, 1.82) is 0 Å². The van der Waals surface area contributed by atoms with E-state index in [0.717, 1.165) is 89.9 Å². The lowest BCUT2D eigenvalue weighted by molar-refractivity contribution is -0.167. The predicted molar refractivity (Wildman–Crippen MR) is 301 cm³/mol. The highest BCUT2D eigenvalue weighted by Gasteiger charge is 2.19. The van der Waals surface area contributed by atoms with E-state index < -0.39 is 6.10 Å². The summed E-state index contributed by atoms with van der Waals surface area (Å²) in [5.41, 5.74) is 0. The second-order valence-electron chi connectivity index (χ2n) is 17.3. The average Bonchev–Trinajstić information content (AvgIpc) is 3.36. The molecular formula is C64H96O6. The van der Waals surface area contributed by atoms with E-state index in [1.807, 2.05) is 97.2 Å². The quantitative estimate of drug-likeness (QED) is 0.0199. The summed E-state index contributed by atoms with van der Waals surface area (Å²) in [5, 5.41) is 0. The minimum Gasteiger partial charge on any atom is -0.462 e. The summed E-state index contributed by atoms with van der Waals surface area (Å²) < 4.78 is 16.7. The number of allylic oxidation sites excluding steroid dienone is 28. The SMILES string of the molecule is CC\C=C/C=C\C=C/C=C\C=C\C=C/CCCCCC(=O)OC(COC(=O)CCC/C=C\C/C=C\C/C=C\CCCCCCCC)COC(=O)CCCCCCC\C=C/C=C\C=C/C=C\C=C/CCC. The van der Waals surface area contributed by atoms with Gasteiger partial charge in [-0.2, -0.15) is 0 Å². The summed E-state index contributed by atoms with van der Waals surface area (Å²) in [6, 6.07) is 0. The largest absolute Gasteiger partial charge is 0.462 e. The van der Waals surface area contributed by atoms with Gasteiger partial charge in [0.25, 0.3) is 0 Å². The number of hydrogen-bond donors (Lipinski definition) is 0. The maximum Gasteiger partial charge on any atom is 0.306 e. The van der Waals surface area contributed by atoms with Crippen molar-refractivity contribution in [3.63, 3.8) is 0 Å². The lowest BCUT2D eigenvalue weighted by Gasteiger charge is -2.18. The van der Waals surface area contributed by atoms with Crippen molar-refractivity contribution in [2.45, 2.75) is 200 Å². The van der Waals surface area contributed by atoms with Crippen LogP contribution in [0.1, 0.15) is 194 Å². The van der Waals surface area contributed by atoms with Crippen molar-refractivity contribution in [2.75, 3.05) is 13.2 Å². The Morgan fingerprint density at radius 1 is 0.314 bits per heavy atom. The molecule has 0 aromatic heterocycles. The fourth-order valence-corrected chi connectivity index (χ4v) is 6.64. The van der Waals surface area contributed by atoms with Crippen LogP contribution in [0.15, 0.2) is 170 Å². The third kappa shape index (κ3) is 53.7. The lowest BCUT2D eigenvalue weighted by atomic mass is 10.1. The van der Waals surface area contributed by atoms with Crippen molar-refractivity contribution in [3.8, 4) is 0 Å². The van der Waals surface area contributed by atoms with Crippen LogP contribution < -0.4 is 0 Å². The van der Waals surface area contributed by atoms with E-state index >= 15 is 0 Å². The molecule has 0 spiro atoms. The van der Waals surface area contributed by atoms with Gasteiger partial charge in [0.15, 0.2) is 6.10 Å². The Kier molecular flexibility index (Phi) is 52.1. The Labute approximate surface area is 428 Å². The van der Waals surface area contributed by atoms with Crippen LogP contribution in [0.3, 0.4) is 0 Å². The molecule has 0 radical (unpaired) electrons. The Bertz CT molecular complexity index is 1670. The smallest absolute Gasteiger partial charge is 0.306 e. The predicted octanol–water partition coefficient (Wildman–Crippen LogP) is 18.4. The molecule has 0 bridgehead atoms.